The highest BCUT2D eigenvalue weighted by Crippen LogP contribution is 2.51. The monoisotopic (exact) mass is 214 g/mol. The van der Waals surface area contributed by atoms with E-state index in [1.807, 2.05) is 7.05 Å². The average molecular weight is 214 g/mol. The van der Waals surface area contributed by atoms with E-state index in [0.717, 1.165) is 6.54 Å². The number of likely N-dealkylation sites (N-methyl/N-ethyl adjacent to an activating group) is 1. The number of hydrogen-bond donors (Lipinski definition) is 4. The molecule has 0 rings (SSSR count). The smallest absolute Gasteiger partial charge is 0.318 e. The zero-order chi connectivity index (χ0) is 9.61. The van der Waals surface area contributed by atoms with Crippen molar-refractivity contribution in [3.63, 3.8) is 0 Å². The highest BCUT2D eigenvalue weighted by Gasteiger charge is 2.18. The van der Waals surface area contributed by atoms with Gasteiger partial charge in [-0.3, -0.25) is 0 Å². The van der Waals surface area contributed by atoms with Gasteiger partial charge in [0.1, 0.15) is 0 Å². The van der Waals surface area contributed by atoms with Gasteiger partial charge < -0.3 is 20.4 Å². The van der Waals surface area contributed by atoms with E-state index in [2.05, 4.69) is 10.6 Å². The third-order valence-electron chi connectivity index (χ3n) is 1.10. The SMILES string of the molecule is CNCCNC(C)SP(=O)(O)O. The lowest BCUT2D eigenvalue weighted by Gasteiger charge is -2.13. The van der Waals surface area contributed by atoms with Crippen LogP contribution in [0.1, 0.15) is 6.92 Å². The first-order valence-corrected chi connectivity index (χ1v) is 6.67. The first kappa shape index (κ1) is 12.4. The molecule has 1 atom stereocenters. The molecule has 5 nitrogen and oxygen atoms in total. The molecule has 0 saturated carbocycles. The minimum atomic E-state index is -3.94. The maximum absolute atomic E-state index is 10.5. The fraction of sp³-hybridized carbons (Fsp3) is 1.00. The van der Waals surface area contributed by atoms with Gasteiger partial charge in [0.25, 0.3) is 0 Å². The Hall–Kier alpha value is 0.420. The van der Waals surface area contributed by atoms with Crippen molar-refractivity contribution in [3.8, 4) is 0 Å². The summed E-state index contributed by atoms with van der Waals surface area (Å²) < 4.78 is 10.5. The fourth-order valence-electron chi connectivity index (χ4n) is 0.644. The van der Waals surface area contributed by atoms with Gasteiger partial charge in [-0.1, -0.05) is 0 Å². The Labute approximate surface area is 76.2 Å². The van der Waals surface area contributed by atoms with E-state index in [1.165, 1.54) is 0 Å². The molecular weight excluding hydrogens is 199 g/mol. The molecule has 0 radical (unpaired) electrons. The highest BCUT2D eigenvalue weighted by molar-refractivity contribution is 8.54. The zero-order valence-corrected chi connectivity index (χ0v) is 8.86. The van der Waals surface area contributed by atoms with Crippen LogP contribution in [0.3, 0.4) is 0 Å². The highest BCUT2D eigenvalue weighted by atomic mass is 32.7. The summed E-state index contributed by atoms with van der Waals surface area (Å²) in [6.07, 6.45) is 0. The minimum Gasteiger partial charge on any atom is -0.318 e. The molecule has 7 heteroatoms. The van der Waals surface area contributed by atoms with Gasteiger partial charge in [0, 0.05) is 13.1 Å². The molecular formula is C5H15N2O3PS. The Morgan fingerprint density at radius 1 is 1.50 bits per heavy atom. The topological polar surface area (TPSA) is 81.6 Å². The number of rotatable bonds is 6. The van der Waals surface area contributed by atoms with Crippen molar-refractivity contribution in [2.75, 3.05) is 20.1 Å². The lowest BCUT2D eigenvalue weighted by atomic mass is 10.6. The number of nitrogens with one attached hydrogen (secondary N) is 2. The van der Waals surface area contributed by atoms with E-state index in [-0.39, 0.29) is 5.37 Å². The maximum atomic E-state index is 10.5. The standard InChI is InChI=1S/C5H15N2O3PS/c1-5(7-4-3-6-2)12-11(8,9)10/h5-7H,3-4H2,1-2H3,(H2,8,9,10). The second-order valence-electron chi connectivity index (χ2n) is 2.30. The summed E-state index contributed by atoms with van der Waals surface area (Å²) in [5.74, 6) is 0. The van der Waals surface area contributed by atoms with Crippen LogP contribution < -0.4 is 10.6 Å². The van der Waals surface area contributed by atoms with Gasteiger partial charge in [0.2, 0.25) is 0 Å². The van der Waals surface area contributed by atoms with Crippen LogP contribution in [0, 0.1) is 0 Å². The Bertz CT molecular complexity index is 163. The molecule has 0 aliphatic heterocycles. The van der Waals surface area contributed by atoms with Gasteiger partial charge in [-0.25, -0.2) is 4.57 Å². The van der Waals surface area contributed by atoms with Crippen LogP contribution in [0.15, 0.2) is 0 Å². The average Bonchev–Trinajstić information content (AvgIpc) is 1.84. The summed E-state index contributed by atoms with van der Waals surface area (Å²) in [4.78, 5) is 17.1. The third-order valence-corrected chi connectivity index (χ3v) is 3.63. The summed E-state index contributed by atoms with van der Waals surface area (Å²) >= 11 is 0.635. The molecule has 0 aliphatic carbocycles. The first-order chi connectivity index (χ1) is 5.45. The predicted molar refractivity (Wildman–Crippen MR) is 51.0 cm³/mol. The van der Waals surface area contributed by atoms with Crippen LogP contribution in [0.5, 0.6) is 0 Å². The first-order valence-electron chi connectivity index (χ1n) is 3.57. The van der Waals surface area contributed by atoms with Crippen molar-refractivity contribution < 1.29 is 14.4 Å². The van der Waals surface area contributed by atoms with Crippen LogP contribution >= 0.6 is 18.2 Å². The molecule has 0 saturated heterocycles. The summed E-state index contributed by atoms with van der Waals surface area (Å²) in [7, 11) is 1.82. The molecule has 0 bridgehead atoms. The molecule has 74 valence electrons. The summed E-state index contributed by atoms with van der Waals surface area (Å²) in [6, 6.07) is 0. The van der Waals surface area contributed by atoms with Gasteiger partial charge in [0.05, 0.1) is 5.37 Å². The Morgan fingerprint density at radius 2 is 2.08 bits per heavy atom. The van der Waals surface area contributed by atoms with Crippen molar-refractivity contribution in [2.45, 2.75) is 12.3 Å². The van der Waals surface area contributed by atoms with Crippen molar-refractivity contribution in [3.05, 3.63) is 0 Å². The third kappa shape index (κ3) is 8.52. The molecule has 0 heterocycles. The second kappa shape index (κ2) is 5.96. The molecule has 0 aromatic carbocycles. The van der Waals surface area contributed by atoms with Gasteiger partial charge in [-0.15, -0.1) is 0 Å². The molecule has 0 aromatic heterocycles. The Balaban J connectivity index is 3.46. The number of hydrogen-bond acceptors (Lipinski definition) is 4. The van der Waals surface area contributed by atoms with Crippen LogP contribution in [0.2, 0.25) is 0 Å². The van der Waals surface area contributed by atoms with E-state index in [0.29, 0.717) is 17.9 Å². The van der Waals surface area contributed by atoms with E-state index < -0.39 is 6.80 Å². The van der Waals surface area contributed by atoms with Crippen molar-refractivity contribution >= 4 is 18.2 Å². The quantitative estimate of drug-likeness (QED) is 0.282. The van der Waals surface area contributed by atoms with Gasteiger partial charge >= 0.3 is 6.80 Å². The van der Waals surface area contributed by atoms with Crippen molar-refractivity contribution in [2.24, 2.45) is 0 Å². The summed E-state index contributed by atoms with van der Waals surface area (Å²) in [5.41, 5.74) is 0. The summed E-state index contributed by atoms with van der Waals surface area (Å²) in [5, 5.41) is 5.65. The van der Waals surface area contributed by atoms with E-state index in [9.17, 15) is 4.57 Å². The van der Waals surface area contributed by atoms with Crippen LogP contribution in [-0.4, -0.2) is 35.3 Å². The molecule has 0 aromatic rings. The lowest BCUT2D eigenvalue weighted by molar-refractivity contribution is 0.396. The molecule has 0 spiro atoms. The van der Waals surface area contributed by atoms with Crippen molar-refractivity contribution in [1.29, 1.82) is 0 Å². The van der Waals surface area contributed by atoms with Crippen LogP contribution in [0.25, 0.3) is 0 Å². The van der Waals surface area contributed by atoms with Crippen LogP contribution in [-0.2, 0) is 4.57 Å². The Kier molecular flexibility index (Phi) is 6.17. The maximum Gasteiger partial charge on any atom is 0.385 e. The molecule has 0 amide bonds. The molecule has 12 heavy (non-hydrogen) atoms. The Morgan fingerprint density at radius 3 is 2.50 bits per heavy atom. The van der Waals surface area contributed by atoms with Gasteiger partial charge in [-0.05, 0) is 25.4 Å². The molecule has 1 unspecified atom stereocenters. The van der Waals surface area contributed by atoms with E-state index >= 15 is 0 Å². The molecule has 0 fully saturated rings. The summed E-state index contributed by atoms with van der Waals surface area (Å²) in [6.45, 7) is -0.732. The fourth-order valence-corrected chi connectivity index (χ4v) is 2.71. The van der Waals surface area contributed by atoms with Gasteiger partial charge in [0.15, 0.2) is 0 Å². The zero-order valence-electron chi connectivity index (χ0n) is 7.15. The normalized spacial score (nSPS) is 14.7. The minimum absolute atomic E-state index is 0.223. The van der Waals surface area contributed by atoms with Crippen LogP contribution in [0.4, 0.5) is 0 Å². The van der Waals surface area contributed by atoms with Crippen molar-refractivity contribution in [1.82, 2.24) is 10.6 Å². The lowest BCUT2D eigenvalue weighted by Crippen LogP contribution is -2.30. The van der Waals surface area contributed by atoms with E-state index in [4.69, 9.17) is 9.79 Å². The molecule has 0 aliphatic rings. The largest absolute Gasteiger partial charge is 0.385 e. The van der Waals surface area contributed by atoms with E-state index in [1.54, 1.807) is 6.92 Å². The second-order valence-corrected chi connectivity index (χ2v) is 6.25. The van der Waals surface area contributed by atoms with Gasteiger partial charge in [-0.2, -0.15) is 0 Å². The predicted octanol–water partition coefficient (Wildman–Crippen LogP) is -0.0327. The molecule has 4 N–H and O–H groups in total.